The van der Waals surface area contributed by atoms with Crippen LogP contribution in [-0.2, 0) is 11.3 Å². The molecule has 33 heavy (non-hydrogen) atoms. The van der Waals surface area contributed by atoms with Gasteiger partial charge in [0.1, 0.15) is 5.01 Å². The van der Waals surface area contributed by atoms with Gasteiger partial charge in [0.05, 0.1) is 49.8 Å². The quantitative estimate of drug-likeness (QED) is 0.485. The van der Waals surface area contributed by atoms with Crippen LogP contribution >= 0.6 is 11.3 Å². The van der Waals surface area contributed by atoms with E-state index in [9.17, 15) is 5.11 Å². The molecule has 0 radical (unpaired) electrons. The summed E-state index contributed by atoms with van der Waals surface area (Å²) in [4.78, 5) is 9.62. The van der Waals surface area contributed by atoms with Gasteiger partial charge in [-0.05, 0) is 36.8 Å². The molecule has 1 fully saturated rings. The Morgan fingerprint density at radius 2 is 1.79 bits per heavy atom. The standard InChI is InChI=1S/C25H33N3O4S/c1-18(25-26-21-6-4-5-7-24(21)33-25)28-12-10-27(11-13-28)15-20(29)17-32-16-19-8-9-22(30-2)23(14-19)31-3/h4-9,14,18,20,29H,10-13,15-17H2,1-3H3/t18-,20-/m1/s1. The fourth-order valence-electron chi connectivity index (χ4n) is 4.19. The maximum absolute atomic E-state index is 10.5. The third kappa shape index (κ3) is 6.02. The van der Waals surface area contributed by atoms with Gasteiger partial charge in [0.25, 0.3) is 0 Å². The van der Waals surface area contributed by atoms with Crippen LogP contribution in [0.3, 0.4) is 0 Å². The fourth-order valence-corrected chi connectivity index (χ4v) is 5.25. The molecule has 1 aliphatic rings. The van der Waals surface area contributed by atoms with E-state index < -0.39 is 6.10 Å². The molecule has 1 aliphatic heterocycles. The van der Waals surface area contributed by atoms with Crippen LogP contribution < -0.4 is 9.47 Å². The highest BCUT2D eigenvalue weighted by atomic mass is 32.1. The molecule has 2 heterocycles. The number of ether oxygens (including phenoxy) is 3. The van der Waals surface area contributed by atoms with E-state index in [1.54, 1.807) is 25.6 Å². The third-order valence-corrected chi connectivity index (χ3v) is 7.32. The topological polar surface area (TPSA) is 67.3 Å². The van der Waals surface area contributed by atoms with Gasteiger partial charge in [-0.15, -0.1) is 11.3 Å². The smallest absolute Gasteiger partial charge is 0.161 e. The SMILES string of the molecule is COc1ccc(COC[C@H](O)CN2CCN([C@H](C)c3nc4ccccc4s3)CC2)cc1OC. The van der Waals surface area contributed by atoms with Crippen molar-refractivity contribution < 1.29 is 19.3 Å². The van der Waals surface area contributed by atoms with E-state index in [0.717, 1.165) is 37.3 Å². The minimum atomic E-state index is -0.515. The van der Waals surface area contributed by atoms with Crippen LogP contribution in [0.2, 0.25) is 0 Å². The van der Waals surface area contributed by atoms with Gasteiger partial charge in [0.2, 0.25) is 0 Å². The first-order chi connectivity index (χ1) is 16.1. The van der Waals surface area contributed by atoms with Gasteiger partial charge in [-0.1, -0.05) is 18.2 Å². The van der Waals surface area contributed by atoms with Gasteiger partial charge < -0.3 is 19.3 Å². The van der Waals surface area contributed by atoms with Gasteiger partial charge >= 0.3 is 0 Å². The van der Waals surface area contributed by atoms with Crippen molar-refractivity contribution in [3.63, 3.8) is 0 Å². The summed E-state index contributed by atoms with van der Waals surface area (Å²) in [7, 11) is 3.23. The Labute approximate surface area is 199 Å². The zero-order chi connectivity index (χ0) is 23.2. The van der Waals surface area contributed by atoms with Crippen LogP contribution in [0.1, 0.15) is 23.5 Å². The predicted molar refractivity (Wildman–Crippen MR) is 131 cm³/mol. The summed E-state index contributed by atoms with van der Waals surface area (Å²) < 4.78 is 17.6. The molecule has 0 aliphatic carbocycles. The van der Waals surface area contributed by atoms with Crippen LogP contribution in [0.15, 0.2) is 42.5 Å². The second kappa shape index (κ2) is 11.3. The number of aromatic nitrogens is 1. The molecule has 2 atom stereocenters. The Kier molecular flexibility index (Phi) is 8.16. The number of hydrogen-bond acceptors (Lipinski definition) is 8. The van der Waals surface area contributed by atoms with Crippen LogP contribution in [0.5, 0.6) is 11.5 Å². The number of fused-ring (bicyclic) bond motifs is 1. The maximum atomic E-state index is 10.5. The van der Waals surface area contributed by atoms with Crippen molar-refractivity contribution in [2.45, 2.75) is 25.7 Å². The summed E-state index contributed by atoms with van der Waals surface area (Å²) in [5, 5.41) is 11.6. The van der Waals surface area contributed by atoms with Crippen molar-refractivity contribution in [3.05, 3.63) is 53.0 Å². The summed E-state index contributed by atoms with van der Waals surface area (Å²) in [6.07, 6.45) is -0.515. The van der Waals surface area contributed by atoms with E-state index in [1.165, 1.54) is 9.71 Å². The normalized spacial score (nSPS) is 17.2. The minimum absolute atomic E-state index is 0.302. The molecule has 178 valence electrons. The first kappa shape index (κ1) is 23.9. The van der Waals surface area contributed by atoms with Crippen molar-refractivity contribution >= 4 is 21.6 Å². The Balaban J connectivity index is 1.19. The zero-order valence-corrected chi connectivity index (χ0v) is 20.4. The lowest BCUT2D eigenvalue weighted by Crippen LogP contribution is -2.49. The van der Waals surface area contributed by atoms with E-state index in [2.05, 4.69) is 34.9 Å². The summed E-state index contributed by atoms with van der Waals surface area (Å²) in [5.41, 5.74) is 2.07. The monoisotopic (exact) mass is 471 g/mol. The molecule has 0 amide bonds. The highest BCUT2D eigenvalue weighted by molar-refractivity contribution is 7.18. The first-order valence-electron chi connectivity index (χ1n) is 11.4. The van der Waals surface area contributed by atoms with Gasteiger partial charge in [-0.3, -0.25) is 9.80 Å². The Hall–Kier alpha value is -2.23. The minimum Gasteiger partial charge on any atom is -0.493 e. The van der Waals surface area contributed by atoms with Gasteiger partial charge in [-0.2, -0.15) is 0 Å². The summed E-state index contributed by atoms with van der Waals surface area (Å²) >= 11 is 1.78. The Bertz CT molecular complexity index is 1000. The van der Waals surface area contributed by atoms with Crippen molar-refractivity contribution in [2.24, 2.45) is 0 Å². The van der Waals surface area contributed by atoms with Crippen LogP contribution in [0, 0.1) is 0 Å². The summed E-state index contributed by atoms with van der Waals surface area (Å²) in [6.45, 7) is 7.39. The number of aliphatic hydroxyl groups excluding tert-OH is 1. The van der Waals surface area contributed by atoms with E-state index >= 15 is 0 Å². The number of rotatable bonds is 10. The number of thiazole rings is 1. The number of aliphatic hydroxyl groups is 1. The highest BCUT2D eigenvalue weighted by Gasteiger charge is 2.25. The Morgan fingerprint density at radius 3 is 2.52 bits per heavy atom. The summed E-state index contributed by atoms with van der Waals surface area (Å²) in [6, 6.07) is 14.3. The second-order valence-corrected chi connectivity index (χ2v) is 9.45. The van der Waals surface area contributed by atoms with E-state index in [0.29, 0.717) is 37.3 Å². The average molecular weight is 472 g/mol. The molecule has 2 aromatic carbocycles. The highest BCUT2D eigenvalue weighted by Crippen LogP contribution is 2.30. The lowest BCUT2D eigenvalue weighted by Gasteiger charge is -2.38. The molecule has 0 saturated carbocycles. The van der Waals surface area contributed by atoms with Gasteiger partial charge in [-0.25, -0.2) is 4.98 Å². The number of nitrogens with zero attached hydrogens (tertiary/aromatic N) is 3. The largest absolute Gasteiger partial charge is 0.493 e. The molecule has 3 aromatic rings. The van der Waals surface area contributed by atoms with Crippen molar-refractivity contribution in [1.82, 2.24) is 14.8 Å². The maximum Gasteiger partial charge on any atom is 0.161 e. The second-order valence-electron chi connectivity index (χ2n) is 8.39. The fraction of sp³-hybridized carbons (Fsp3) is 0.480. The van der Waals surface area contributed by atoms with Crippen LogP contribution in [0.25, 0.3) is 10.2 Å². The van der Waals surface area contributed by atoms with E-state index in [4.69, 9.17) is 19.2 Å². The number of hydrogen-bond donors (Lipinski definition) is 1. The number of β-amino-alcohol motifs (C(OH)–C–C–N with tert-alkyl or cyclic N) is 1. The average Bonchev–Trinajstić information content (AvgIpc) is 3.28. The van der Waals surface area contributed by atoms with Gasteiger partial charge in [0.15, 0.2) is 11.5 Å². The summed E-state index contributed by atoms with van der Waals surface area (Å²) in [5.74, 6) is 1.37. The molecule has 1 saturated heterocycles. The molecular weight excluding hydrogens is 438 g/mol. The predicted octanol–water partition coefficient (Wildman–Crippen LogP) is 3.57. The number of methoxy groups -OCH3 is 2. The van der Waals surface area contributed by atoms with Crippen molar-refractivity contribution in [2.75, 3.05) is 53.6 Å². The first-order valence-corrected chi connectivity index (χ1v) is 12.2. The molecule has 1 aromatic heterocycles. The zero-order valence-electron chi connectivity index (χ0n) is 19.6. The number of benzene rings is 2. The van der Waals surface area contributed by atoms with Crippen LogP contribution in [-0.4, -0.2) is 79.5 Å². The van der Waals surface area contributed by atoms with Crippen molar-refractivity contribution in [1.29, 1.82) is 0 Å². The molecule has 1 N–H and O–H groups in total. The lowest BCUT2D eigenvalue weighted by atomic mass is 10.2. The molecular formula is C25H33N3O4S. The molecule has 7 nitrogen and oxygen atoms in total. The molecule has 0 spiro atoms. The molecule has 0 unspecified atom stereocenters. The number of piperazine rings is 1. The van der Waals surface area contributed by atoms with Crippen molar-refractivity contribution in [3.8, 4) is 11.5 Å². The van der Waals surface area contributed by atoms with E-state index in [1.807, 2.05) is 24.3 Å². The van der Waals surface area contributed by atoms with Gasteiger partial charge in [0, 0.05) is 32.7 Å². The number of para-hydroxylation sites is 1. The Morgan fingerprint density at radius 1 is 1.03 bits per heavy atom. The molecule has 4 rings (SSSR count). The van der Waals surface area contributed by atoms with E-state index in [-0.39, 0.29) is 0 Å². The third-order valence-electron chi connectivity index (χ3n) is 6.12. The lowest BCUT2D eigenvalue weighted by molar-refractivity contribution is -0.00145. The molecule has 8 heteroatoms. The molecule has 0 bridgehead atoms. The van der Waals surface area contributed by atoms with Crippen LogP contribution in [0.4, 0.5) is 0 Å².